The van der Waals surface area contributed by atoms with Crippen LogP contribution in [0.2, 0.25) is 0 Å². The molecule has 0 spiro atoms. The van der Waals surface area contributed by atoms with Crippen LogP contribution in [-0.2, 0) is 9.53 Å². The van der Waals surface area contributed by atoms with Crippen LogP contribution in [0, 0.1) is 0 Å². The number of hydrogen-bond donors (Lipinski definition) is 1. The summed E-state index contributed by atoms with van der Waals surface area (Å²) >= 11 is 3.13. The summed E-state index contributed by atoms with van der Waals surface area (Å²) in [6.07, 6.45) is -0.157. The summed E-state index contributed by atoms with van der Waals surface area (Å²) in [5, 5.41) is 8.93. The Morgan fingerprint density at radius 1 is 1.53 bits per heavy atom. The standard InChI is InChI=1S/C11H9BrO5/c12-8-2-1-6(5-7(8)10(13)14)17-9-3-4-16-11(9)15/h1-2,5,9H,3-4H2,(H,13,14). The summed E-state index contributed by atoms with van der Waals surface area (Å²) in [6.45, 7) is 0.339. The Morgan fingerprint density at radius 2 is 2.29 bits per heavy atom. The van der Waals surface area contributed by atoms with Crippen LogP contribution < -0.4 is 4.74 Å². The topological polar surface area (TPSA) is 72.8 Å². The lowest BCUT2D eigenvalue weighted by molar-refractivity contribution is -0.143. The number of esters is 1. The number of cyclic esters (lactones) is 1. The van der Waals surface area contributed by atoms with Crippen molar-refractivity contribution in [3.63, 3.8) is 0 Å². The fourth-order valence-electron chi connectivity index (χ4n) is 1.49. The fourth-order valence-corrected chi connectivity index (χ4v) is 1.91. The molecule has 1 N–H and O–H groups in total. The van der Waals surface area contributed by atoms with E-state index in [2.05, 4.69) is 15.9 Å². The van der Waals surface area contributed by atoms with Gasteiger partial charge in [0.1, 0.15) is 5.75 Å². The second kappa shape index (κ2) is 4.75. The van der Waals surface area contributed by atoms with Gasteiger partial charge in [0, 0.05) is 10.9 Å². The molecule has 1 heterocycles. The molecule has 1 aliphatic rings. The van der Waals surface area contributed by atoms with Gasteiger partial charge in [-0.2, -0.15) is 0 Å². The summed E-state index contributed by atoms with van der Waals surface area (Å²) in [4.78, 5) is 22.1. The molecule has 1 unspecified atom stereocenters. The van der Waals surface area contributed by atoms with Crippen molar-refractivity contribution in [3.05, 3.63) is 28.2 Å². The van der Waals surface area contributed by atoms with E-state index in [4.69, 9.17) is 14.6 Å². The zero-order valence-corrected chi connectivity index (χ0v) is 10.3. The van der Waals surface area contributed by atoms with Crippen molar-refractivity contribution in [3.8, 4) is 5.75 Å². The molecular weight excluding hydrogens is 292 g/mol. The Balaban J connectivity index is 2.19. The first-order valence-corrected chi connectivity index (χ1v) is 5.73. The number of benzene rings is 1. The van der Waals surface area contributed by atoms with Crippen molar-refractivity contribution < 1.29 is 24.2 Å². The third-order valence-corrected chi connectivity index (χ3v) is 3.03. The first-order valence-electron chi connectivity index (χ1n) is 4.94. The molecule has 0 radical (unpaired) electrons. The zero-order chi connectivity index (χ0) is 12.4. The normalized spacial score (nSPS) is 18.9. The predicted molar refractivity (Wildman–Crippen MR) is 61.1 cm³/mol. The Morgan fingerprint density at radius 3 is 2.88 bits per heavy atom. The van der Waals surface area contributed by atoms with Crippen molar-refractivity contribution >= 4 is 27.9 Å². The highest BCUT2D eigenvalue weighted by Crippen LogP contribution is 2.24. The SMILES string of the molecule is O=C(O)c1cc(OC2CCOC2=O)ccc1Br. The van der Waals surface area contributed by atoms with Crippen LogP contribution >= 0.6 is 15.9 Å². The average molecular weight is 301 g/mol. The van der Waals surface area contributed by atoms with Crippen molar-refractivity contribution in [2.75, 3.05) is 6.61 Å². The van der Waals surface area contributed by atoms with E-state index < -0.39 is 18.0 Å². The Kier molecular flexibility index (Phi) is 3.33. The minimum absolute atomic E-state index is 0.0915. The van der Waals surface area contributed by atoms with Crippen LogP contribution in [0.25, 0.3) is 0 Å². The van der Waals surface area contributed by atoms with Gasteiger partial charge in [-0.25, -0.2) is 9.59 Å². The lowest BCUT2D eigenvalue weighted by Gasteiger charge is -2.10. The van der Waals surface area contributed by atoms with Gasteiger partial charge in [0.15, 0.2) is 6.10 Å². The highest BCUT2D eigenvalue weighted by atomic mass is 79.9. The summed E-state index contributed by atoms with van der Waals surface area (Å²) < 4.78 is 10.6. The molecule has 0 bridgehead atoms. The van der Waals surface area contributed by atoms with Gasteiger partial charge >= 0.3 is 11.9 Å². The number of carboxylic acids is 1. The molecule has 6 heteroatoms. The lowest BCUT2D eigenvalue weighted by Crippen LogP contribution is -2.21. The van der Waals surface area contributed by atoms with Gasteiger partial charge < -0.3 is 14.6 Å². The third-order valence-electron chi connectivity index (χ3n) is 2.33. The van der Waals surface area contributed by atoms with E-state index in [1.165, 1.54) is 6.07 Å². The molecule has 1 saturated heterocycles. The molecule has 17 heavy (non-hydrogen) atoms. The molecule has 0 amide bonds. The van der Waals surface area contributed by atoms with Crippen LogP contribution in [0.3, 0.4) is 0 Å². The number of aromatic carboxylic acids is 1. The smallest absolute Gasteiger partial charge is 0.347 e. The van der Waals surface area contributed by atoms with E-state index in [9.17, 15) is 9.59 Å². The molecule has 1 atom stereocenters. The average Bonchev–Trinajstić information content (AvgIpc) is 2.67. The number of halogens is 1. The van der Waals surface area contributed by atoms with Crippen LogP contribution in [0.5, 0.6) is 5.75 Å². The van der Waals surface area contributed by atoms with Crippen molar-refractivity contribution in [2.45, 2.75) is 12.5 Å². The number of carbonyl (C=O) groups excluding carboxylic acids is 1. The van der Waals surface area contributed by atoms with Gasteiger partial charge in [-0.05, 0) is 34.1 Å². The monoisotopic (exact) mass is 300 g/mol. The molecule has 2 rings (SSSR count). The van der Waals surface area contributed by atoms with Crippen LogP contribution in [-0.4, -0.2) is 29.8 Å². The number of rotatable bonds is 3. The summed E-state index contributed by atoms with van der Waals surface area (Å²) in [5.41, 5.74) is 0.0915. The molecule has 5 nitrogen and oxygen atoms in total. The number of carboxylic acid groups (broad SMARTS) is 1. The quantitative estimate of drug-likeness (QED) is 0.862. The Labute approximate surface area is 105 Å². The maximum atomic E-state index is 11.2. The van der Waals surface area contributed by atoms with Crippen molar-refractivity contribution in [1.29, 1.82) is 0 Å². The maximum Gasteiger partial charge on any atom is 0.347 e. The van der Waals surface area contributed by atoms with Gasteiger partial charge in [0.05, 0.1) is 12.2 Å². The molecule has 0 aliphatic carbocycles. The van der Waals surface area contributed by atoms with Crippen LogP contribution in [0.1, 0.15) is 16.8 Å². The first kappa shape index (κ1) is 11.9. The van der Waals surface area contributed by atoms with Gasteiger partial charge in [0.25, 0.3) is 0 Å². The molecule has 1 fully saturated rings. The van der Waals surface area contributed by atoms with Crippen molar-refractivity contribution in [2.24, 2.45) is 0 Å². The van der Waals surface area contributed by atoms with E-state index in [1.54, 1.807) is 12.1 Å². The van der Waals surface area contributed by atoms with Gasteiger partial charge in [-0.3, -0.25) is 0 Å². The van der Waals surface area contributed by atoms with Gasteiger partial charge in [-0.1, -0.05) is 0 Å². The van der Waals surface area contributed by atoms with Crippen LogP contribution in [0.15, 0.2) is 22.7 Å². The molecule has 0 saturated carbocycles. The zero-order valence-electron chi connectivity index (χ0n) is 8.68. The highest BCUT2D eigenvalue weighted by Gasteiger charge is 2.28. The fraction of sp³-hybridized carbons (Fsp3) is 0.273. The molecular formula is C11H9BrO5. The summed E-state index contributed by atoms with van der Waals surface area (Å²) in [7, 11) is 0. The van der Waals surface area contributed by atoms with Crippen LogP contribution in [0.4, 0.5) is 0 Å². The number of hydrogen-bond acceptors (Lipinski definition) is 4. The van der Waals surface area contributed by atoms with E-state index in [0.717, 1.165) is 0 Å². The van der Waals surface area contributed by atoms with E-state index >= 15 is 0 Å². The lowest BCUT2D eigenvalue weighted by atomic mass is 10.2. The maximum absolute atomic E-state index is 11.2. The first-order chi connectivity index (χ1) is 8.08. The van der Waals surface area contributed by atoms with E-state index in [1.807, 2.05) is 0 Å². The molecule has 1 aromatic carbocycles. The van der Waals surface area contributed by atoms with Gasteiger partial charge in [0.2, 0.25) is 0 Å². The van der Waals surface area contributed by atoms with Gasteiger partial charge in [-0.15, -0.1) is 0 Å². The minimum atomic E-state index is -1.06. The molecule has 1 aliphatic heterocycles. The predicted octanol–water partition coefficient (Wildman–Crippen LogP) is 1.84. The van der Waals surface area contributed by atoms with E-state index in [0.29, 0.717) is 23.2 Å². The third kappa shape index (κ3) is 2.58. The Hall–Kier alpha value is -1.56. The highest BCUT2D eigenvalue weighted by molar-refractivity contribution is 9.10. The van der Waals surface area contributed by atoms with Crippen molar-refractivity contribution in [1.82, 2.24) is 0 Å². The minimum Gasteiger partial charge on any atom is -0.479 e. The molecule has 0 aromatic heterocycles. The molecule has 90 valence electrons. The number of carbonyl (C=O) groups is 2. The number of ether oxygens (including phenoxy) is 2. The second-order valence-electron chi connectivity index (χ2n) is 3.51. The Bertz CT molecular complexity index is 471. The largest absolute Gasteiger partial charge is 0.479 e. The summed E-state index contributed by atoms with van der Waals surface area (Å²) in [5.74, 6) is -1.13. The molecule has 1 aromatic rings. The second-order valence-corrected chi connectivity index (χ2v) is 4.36. The van der Waals surface area contributed by atoms with E-state index in [-0.39, 0.29) is 5.56 Å². The summed E-state index contributed by atoms with van der Waals surface area (Å²) in [6, 6.07) is 4.54.